The first kappa shape index (κ1) is 17.9. The van der Waals surface area contributed by atoms with Crippen molar-refractivity contribution in [3.63, 3.8) is 0 Å². The molecule has 0 amide bonds. The van der Waals surface area contributed by atoms with E-state index in [9.17, 15) is 4.39 Å². The summed E-state index contributed by atoms with van der Waals surface area (Å²) in [4.78, 5) is 6.23. The van der Waals surface area contributed by atoms with Gasteiger partial charge in [-0.25, -0.2) is 4.39 Å². The third-order valence-corrected chi connectivity index (χ3v) is 4.57. The van der Waals surface area contributed by atoms with Gasteiger partial charge in [0.1, 0.15) is 5.82 Å². The SMILES string of the molecule is CN=C(NCc1ccc(N2CCOCC2)c(F)c1)NCC1CCCO1. The Morgan fingerprint density at radius 2 is 2.12 bits per heavy atom. The van der Waals surface area contributed by atoms with Crippen LogP contribution in [0.5, 0.6) is 0 Å². The number of benzene rings is 1. The van der Waals surface area contributed by atoms with Crippen LogP contribution in [0.3, 0.4) is 0 Å². The van der Waals surface area contributed by atoms with Gasteiger partial charge in [0.2, 0.25) is 0 Å². The summed E-state index contributed by atoms with van der Waals surface area (Å²) in [6, 6.07) is 5.39. The summed E-state index contributed by atoms with van der Waals surface area (Å²) < 4.78 is 25.3. The van der Waals surface area contributed by atoms with Crippen LogP contribution >= 0.6 is 0 Å². The maximum atomic E-state index is 14.4. The molecular weight excluding hydrogens is 323 g/mol. The van der Waals surface area contributed by atoms with Gasteiger partial charge in [0.25, 0.3) is 0 Å². The van der Waals surface area contributed by atoms with E-state index in [1.807, 2.05) is 17.0 Å². The number of morpholine rings is 1. The summed E-state index contributed by atoms with van der Waals surface area (Å²) in [7, 11) is 1.73. The molecule has 0 aliphatic carbocycles. The molecule has 2 heterocycles. The zero-order valence-corrected chi connectivity index (χ0v) is 14.8. The normalized spacial score (nSPS) is 21.4. The van der Waals surface area contributed by atoms with Crippen molar-refractivity contribution in [3.05, 3.63) is 29.6 Å². The van der Waals surface area contributed by atoms with E-state index in [0.29, 0.717) is 31.4 Å². The van der Waals surface area contributed by atoms with Crippen molar-refractivity contribution in [2.45, 2.75) is 25.5 Å². The standard InChI is InChI=1S/C18H27FN4O2/c1-20-18(22-13-15-3-2-8-25-15)21-12-14-4-5-17(16(19)11-14)23-6-9-24-10-7-23/h4-5,11,15H,2-3,6-10,12-13H2,1H3,(H2,20,21,22). The molecule has 2 fully saturated rings. The van der Waals surface area contributed by atoms with Gasteiger partial charge in [-0.05, 0) is 30.5 Å². The minimum Gasteiger partial charge on any atom is -0.378 e. The summed E-state index contributed by atoms with van der Waals surface area (Å²) in [6.45, 7) is 4.86. The van der Waals surface area contributed by atoms with Gasteiger partial charge in [0.15, 0.2) is 5.96 Å². The Hall–Kier alpha value is -1.86. The van der Waals surface area contributed by atoms with Gasteiger partial charge in [0.05, 0.1) is 25.0 Å². The highest BCUT2D eigenvalue weighted by atomic mass is 19.1. The Balaban J connectivity index is 1.50. The average Bonchev–Trinajstić information content (AvgIpc) is 3.16. The van der Waals surface area contributed by atoms with Crippen LogP contribution in [0.25, 0.3) is 0 Å². The molecular formula is C18H27FN4O2. The zero-order valence-electron chi connectivity index (χ0n) is 14.8. The first-order valence-corrected chi connectivity index (χ1v) is 8.93. The molecule has 0 radical (unpaired) electrons. The Bertz CT molecular complexity index is 584. The molecule has 2 saturated heterocycles. The molecule has 3 rings (SSSR count). The molecule has 1 aromatic carbocycles. The lowest BCUT2D eigenvalue weighted by molar-refractivity contribution is 0.114. The Labute approximate surface area is 148 Å². The highest BCUT2D eigenvalue weighted by Gasteiger charge is 2.16. The lowest BCUT2D eigenvalue weighted by Crippen LogP contribution is -2.40. The minimum atomic E-state index is -0.191. The van der Waals surface area contributed by atoms with Crippen molar-refractivity contribution in [2.24, 2.45) is 4.99 Å². The van der Waals surface area contributed by atoms with Crippen molar-refractivity contribution in [3.8, 4) is 0 Å². The largest absolute Gasteiger partial charge is 0.378 e. The van der Waals surface area contributed by atoms with Crippen LogP contribution in [0.4, 0.5) is 10.1 Å². The number of rotatable bonds is 5. The fraction of sp³-hybridized carbons (Fsp3) is 0.611. The molecule has 2 aliphatic heterocycles. The van der Waals surface area contributed by atoms with E-state index in [1.54, 1.807) is 13.1 Å². The quantitative estimate of drug-likeness (QED) is 0.623. The lowest BCUT2D eigenvalue weighted by Gasteiger charge is -2.29. The molecule has 1 unspecified atom stereocenters. The Morgan fingerprint density at radius 3 is 2.80 bits per heavy atom. The molecule has 7 heteroatoms. The van der Waals surface area contributed by atoms with Crippen molar-refractivity contribution in [1.82, 2.24) is 10.6 Å². The Kier molecular flexibility index (Phi) is 6.47. The summed E-state index contributed by atoms with van der Waals surface area (Å²) in [5, 5.41) is 6.48. The van der Waals surface area contributed by atoms with E-state index in [0.717, 1.165) is 44.6 Å². The summed E-state index contributed by atoms with van der Waals surface area (Å²) in [5.41, 5.74) is 1.53. The van der Waals surface area contributed by atoms with Gasteiger partial charge < -0.3 is 25.0 Å². The Morgan fingerprint density at radius 1 is 1.28 bits per heavy atom. The number of nitrogens with one attached hydrogen (secondary N) is 2. The van der Waals surface area contributed by atoms with E-state index in [2.05, 4.69) is 15.6 Å². The third kappa shape index (κ3) is 5.06. The molecule has 0 aromatic heterocycles. The average molecular weight is 350 g/mol. The molecule has 0 bridgehead atoms. The van der Waals surface area contributed by atoms with Crippen LogP contribution < -0.4 is 15.5 Å². The van der Waals surface area contributed by atoms with Gasteiger partial charge in [-0.3, -0.25) is 4.99 Å². The molecule has 138 valence electrons. The number of hydrogen-bond donors (Lipinski definition) is 2. The van der Waals surface area contributed by atoms with Crippen molar-refractivity contribution in [1.29, 1.82) is 0 Å². The predicted octanol–water partition coefficient (Wildman–Crippen LogP) is 1.51. The van der Waals surface area contributed by atoms with Gasteiger partial charge in [0, 0.05) is 39.8 Å². The monoisotopic (exact) mass is 350 g/mol. The van der Waals surface area contributed by atoms with Crippen LogP contribution in [0.15, 0.2) is 23.2 Å². The highest BCUT2D eigenvalue weighted by molar-refractivity contribution is 5.79. The molecule has 2 N–H and O–H groups in total. The van der Waals surface area contributed by atoms with E-state index >= 15 is 0 Å². The second kappa shape index (κ2) is 9.01. The van der Waals surface area contributed by atoms with Crippen LogP contribution in [-0.2, 0) is 16.0 Å². The first-order valence-electron chi connectivity index (χ1n) is 8.93. The molecule has 25 heavy (non-hydrogen) atoms. The zero-order chi connectivity index (χ0) is 17.5. The van der Waals surface area contributed by atoms with Crippen molar-refractivity contribution in [2.75, 3.05) is 51.4 Å². The summed E-state index contributed by atoms with van der Waals surface area (Å²) in [5.74, 6) is 0.511. The van der Waals surface area contributed by atoms with E-state index in [-0.39, 0.29) is 11.9 Å². The van der Waals surface area contributed by atoms with Gasteiger partial charge in [-0.1, -0.05) is 6.07 Å². The minimum absolute atomic E-state index is 0.191. The number of halogens is 1. The lowest BCUT2D eigenvalue weighted by atomic mass is 10.1. The van der Waals surface area contributed by atoms with Crippen LogP contribution in [0, 0.1) is 5.82 Å². The second-order valence-corrected chi connectivity index (χ2v) is 6.33. The smallest absolute Gasteiger partial charge is 0.191 e. The fourth-order valence-corrected chi connectivity index (χ4v) is 3.14. The molecule has 1 aromatic rings. The third-order valence-electron chi connectivity index (χ3n) is 4.57. The van der Waals surface area contributed by atoms with Crippen LogP contribution in [-0.4, -0.2) is 58.6 Å². The number of nitrogens with zero attached hydrogens (tertiary/aromatic N) is 2. The summed E-state index contributed by atoms with van der Waals surface area (Å²) in [6.07, 6.45) is 2.45. The number of guanidine groups is 1. The second-order valence-electron chi connectivity index (χ2n) is 6.33. The van der Waals surface area contributed by atoms with E-state index in [4.69, 9.17) is 9.47 Å². The molecule has 6 nitrogen and oxygen atoms in total. The van der Waals surface area contributed by atoms with Crippen molar-refractivity contribution < 1.29 is 13.9 Å². The molecule has 0 spiro atoms. The van der Waals surface area contributed by atoms with Gasteiger partial charge in [-0.15, -0.1) is 0 Å². The number of ether oxygens (including phenoxy) is 2. The molecule has 1 atom stereocenters. The maximum absolute atomic E-state index is 14.4. The van der Waals surface area contributed by atoms with E-state index in [1.165, 1.54) is 0 Å². The maximum Gasteiger partial charge on any atom is 0.191 e. The van der Waals surface area contributed by atoms with E-state index < -0.39 is 0 Å². The summed E-state index contributed by atoms with van der Waals surface area (Å²) >= 11 is 0. The highest BCUT2D eigenvalue weighted by Crippen LogP contribution is 2.21. The van der Waals surface area contributed by atoms with Gasteiger partial charge in [-0.2, -0.15) is 0 Å². The van der Waals surface area contributed by atoms with Crippen LogP contribution in [0.2, 0.25) is 0 Å². The fourth-order valence-electron chi connectivity index (χ4n) is 3.14. The number of aliphatic imine (C=N–C) groups is 1. The first-order chi connectivity index (χ1) is 12.3. The van der Waals surface area contributed by atoms with Gasteiger partial charge >= 0.3 is 0 Å². The van der Waals surface area contributed by atoms with Crippen molar-refractivity contribution >= 4 is 11.6 Å². The topological polar surface area (TPSA) is 58.1 Å². The number of anilines is 1. The molecule has 2 aliphatic rings. The van der Waals surface area contributed by atoms with Crippen LogP contribution in [0.1, 0.15) is 18.4 Å². The predicted molar refractivity (Wildman–Crippen MR) is 96.6 cm³/mol. The number of hydrogen-bond acceptors (Lipinski definition) is 4. The molecule has 0 saturated carbocycles.